The van der Waals surface area contributed by atoms with E-state index in [4.69, 9.17) is 11.6 Å². The number of anilines is 1. The zero-order valence-electron chi connectivity index (χ0n) is 18.5. The summed E-state index contributed by atoms with van der Waals surface area (Å²) in [6.45, 7) is 3.80. The van der Waals surface area contributed by atoms with Crippen LogP contribution in [0.5, 0.6) is 0 Å². The van der Waals surface area contributed by atoms with Gasteiger partial charge in [0.05, 0.1) is 15.6 Å². The van der Waals surface area contributed by atoms with E-state index in [2.05, 4.69) is 52.7 Å². The number of nitrogens with zero attached hydrogens (tertiary/aromatic N) is 2. The van der Waals surface area contributed by atoms with Gasteiger partial charge in [0.15, 0.2) is 0 Å². The van der Waals surface area contributed by atoms with E-state index in [-0.39, 0.29) is 11.8 Å². The number of carbonyl (C=O) groups is 2. The molecule has 1 fully saturated rings. The van der Waals surface area contributed by atoms with Crippen LogP contribution in [0.3, 0.4) is 0 Å². The summed E-state index contributed by atoms with van der Waals surface area (Å²) in [6.07, 6.45) is 0. The lowest BCUT2D eigenvalue weighted by Gasteiger charge is -2.35. The maximum absolute atomic E-state index is 13.2. The monoisotopic (exact) mass is 489 g/mol. The summed E-state index contributed by atoms with van der Waals surface area (Å²) in [6, 6.07) is 23.5. The molecule has 4 aromatic rings. The van der Waals surface area contributed by atoms with E-state index < -0.39 is 0 Å². The molecule has 0 radical (unpaired) electrons. The van der Waals surface area contributed by atoms with Crippen LogP contribution in [0.2, 0.25) is 5.02 Å². The third kappa shape index (κ3) is 4.85. The number of piperazine rings is 1. The summed E-state index contributed by atoms with van der Waals surface area (Å²) in [4.78, 5) is 30.4. The van der Waals surface area contributed by atoms with E-state index >= 15 is 0 Å². The third-order valence-corrected chi connectivity index (χ3v) is 7.34. The maximum atomic E-state index is 13.2. The van der Waals surface area contributed by atoms with Gasteiger partial charge in [-0.1, -0.05) is 60.1 Å². The fourth-order valence-electron chi connectivity index (χ4n) is 4.31. The van der Waals surface area contributed by atoms with Gasteiger partial charge in [-0.05, 0) is 46.0 Å². The van der Waals surface area contributed by atoms with Crippen molar-refractivity contribution in [2.75, 3.05) is 31.5 Å². The first-order valence-corrected chi connectivity index (χ1v) is 12.5. The van der Waals surface area contributed by atoms with Crippen molar-refractivity contribution < 1.29 is 9.59 Å². The summed E-state index contributed by atoms with van der Waals surface area (Å²) in [5.41, 5.74) is 2.27. The number of nitrogens with one attached hydrogen (secondary N) is 1. The lowest BCUT2D eigenvalue weighted by atomic mass is 10.0. The van der Waals surface area contributed by atoms with Crippen LogP contribution in [0, 0.1) is 0 Å². The molecule has 3 aromatic carbocycles. The molecule has 0 spiro atoms. The van der Waals surface area contributed by atoms with Gasteiger partial charge in [0.25, 0.3) is 11.8 Å². The molecular formula is C27H24ClN3O2S. The zero-order chi connectivity index (χ0) is 23.5. The fourth-order valence-corrected chi connectivity index (χ4v) is 5.09. The predicted octanol–water partition coefficient (Wildman–Crippen LogP) is 5.77. The summed E-state index contributed by atoms with van der Waals surface area (Å²) < 4.78 is 0. The number of halogens is 1. The molecule has 0 atom stereocenters. The second kappa shape index (κ2) is 9.97. The molecule has 0 aliphatic carbocycles. The molecule has 2 heterocycles. The number of benzene rings is 3. The van der Waals surface area contributed by atoms with Gasteiger partial charge >= 0.3 is 0 Å². The summed E-state index contributed by atoms with van der Waals surface area (Å²) >= 11 is 7.64. The summed E-state index contributed by atoms with van der Waals surface area (Å²) in [5.74, 6) is -0.281. The van der Waals surface area contributed by atoms with Crippen molar-refractivity contribution in [3.63, 3.8) is 0 Å². The van der Waals surface area contributed by atoms with Crippen molar-refractivity contribution in [2.24, 2.45) is 0 Å². The highest BCUT2D eigenvalue weighted by Gasteiger charge is 2.23. The highest BCUT2D eigenvalue weighted by Crippen LogP contribution is 2.26. The van der Waals surface area contributed by atoms with Crippen LogP contribution < -0.4 is 5.32 Å². The van der Waals surface area contributed by atoms with E-state index in [0.29, 0.717) is 34.2 Å². The standard InChI is InChI=1S/C27H24ClN3O2S/c28-23-11-10-20(17-24(23)29-26(32)25-9-4-16-34-25)27(33)31-14-12-30(13-15-31)18-21-7-3-6-19-5-1-2-8-22(19)21/h1-11,16-17H,12-15,18H2,(H,29,32). The Kier molecular flexibility index (Phi) is 6.63. The Hall–Kier alpha value is -3.19. The first-order valence-electron chi connectivity index (χ1n) is 11.2. The molecule has 0 unspecified atom stereocenters. The maximum Gasteiger partial charge on any atom is 0.265 e. The number of thiophene rings is 1. The SMILES string of the molecule is O=C(Nc1cc(C(=O)N2CCN(Cc3cccc4ccccc34)CC2)ccc1Cl)c1cccs1. The second-order valence-corrected chi connectivity index (χ2v) is 9.69. The van der Waals surface area contributed by atoms with Crippen molar-refractivity contribution in [3.05, 3.63) is 99.2 Å². The Bertz CT molecular complexity index is 1330. The molecule has 172 valence electrons. The van der Waals surface area contributed by atoms with Crippen molar-refractivity contribution >= 4 is 51.2 Å². The highest BCUT2D eigenvalue weighted by atomic mass is 35.5. The van der Waals surface area contributed by atoms with Crippen LogP contribution >= 0.6 is 22.9 Å². The Balaban J connectivity index is 1.23. The van der Waals surface area contributed by atoms with Crippen LogP contribution in [0.1, 0.15) is 25.6 Å². The minimum absolute atomic E-state index is 0.0481. The smallest absolute Gasteiger partial charge is 0.265 e. The summed E-state index contributed by atoms with van der Waals surface area (Å²) in [7, 11) is 0. The molecule has 1 aliphatic heterocycles. The molecule has 1 saturated heterocycles. The Morgan fingerprint density at radius 3 is 2.50 bits per heavy atom. The third-order valence-electron chi connectivity index (χ3n) is 6.14. The number of fused-ring (bicyclic) bond motifs is 1. The van der Waals surface area contributed by atoms with Crippen LogP contribution in [0.15, 0.2) is 78.2 Å². The van der Waals surface area contributed by atoms with Crippen molar-refractivity contribution in [2.45, 2.75) is 6.54 Å². The van der Waals surface area contributed by atoms with Gasteiger partial charge in [-0.25, -0.2) is 0 Å². The normalized spacial score (nSPS) is 14.3. The Morgan fingerprint density at radius 2 is 1.71 bits per heavy atom. The molecule has 34 heavy (non-hydrogen) atoms. The van der Waals surface area contributed by atoms with Crippen molar-refractivity contribution in [1.82, 2.24) is 9.80 Å². The first kappa shape index (κ1) is 22.6. The molecule has 5 rings (SSSR count). The minimum Gasteiger partial charge on any atom is -0.336 e. The van der Waals surface area contributed by atoms with Crippen molar-refractivity contribution in [1.29, 1.82) is 0 Å². The quantitative estimate of drug-likeness (QED) is 0.387. The topological polar surface area (TPSA) is 52.7 Å². The van der Waals surface area contributed by atoms with Gasteiger partial charge in [-0.15, -0.1) is 11.3 Å². The Labute approximate surface area is 207 Å². The molecular weight excluding hydrogens is 466 g/mol. The van der Waals surface area contributed by atoms with Crippen molar-refractivity contribution in [3.8, 4) is 0 Å². The number of hydrogen-bond donors (Lipinski definition) is 1. The van der Waals surface area contributed by atoms with Gasteiger partial charge < -0.3 is 10.2 Å². The highest BCUT2D eigenvalue weighted by molar-refractivity contribution is 7.12. The minimum atomic E-state index is -0.233. The van der Waals surface area contributed by atoms with E-state index in [1.54, 1.807) is 24.3 Å². The predicted molar refractivity (Wildman–Crippen MR) is 139 cm³/mol. The van der Waals surface area contributed by atoms with Crippen LogP contribution in [0.4, 0.5) is 5.69 Å². The zero-order valence-corrected chi connectivity index (χ0v) is 20.1. The Morgan fingerprint density at radius 1 is 0.912 bits per heavy atom. The molecule has 1 aromatic heterocycles. The van der Waals surface area contributed by atoms with Gasteiger partial charge in [0, 0.05) is 38.3 Å². The van der Waals surface area contributed by atoms with Gasteiger partial charge in [0.2, 0.25) is 0 Å². The average molecular weight is 490 g/mol. The van der Waals surface area contributed by atoms with Gasteiger partial charge in [-0.2, -0.15) is 0 Å². The molecule has 2 amide bonds. The number of carbonyl (C=O) groups excluding carboxylic acids is 2. The first-order chi connectivity index (χ1) is 16.6. The van der Waals surface area contributed by atoms with Crippen LogP contribution in [0.25, 0.3) is 10.8 Å². The van der Waals surface area contributed by atoms with E-state index in [0.717, 1.165) is 19.6 Å². The molecule has 5 nitrogen and oxygen atoms in total. The molecule has 1 aliphatic rings. The van der Waals surface area contributed by atoms with Crippen LogP contribution in [-0.4, -0.2) is 47.8 Å². The number of hydrogen-bond acceptors (Lipinski definition) is 4. The number of amides is 2. The molecule has 0 saturated carbocycles. The number of rotatable bonds is 5. The summed E-state index contributed by atoms with van der Waals surface area (Å²) in [5, 5.41) is 7.60. The van der Waals surface area contributed by atoms with Crippen LogP contribution in [-0.2, 0) is 6.54 Å². The largest absolute Gasteiger partial charge is 0.336 e. The molecule has 1 N–H and O–H groups in total. The van der Waals surface area contributed by atoms with E-state index in [1.807, 2.05) is 16.3 Å². The molecule has 0 bridgehead atoms. The van der Waals surface area contributed by atoms with E-state index in [9.17, 15) is 9.59 Å². The van der Waals surface area contributed by atoms with Gasteiger partial charge in [0.1, 0.15) is 0 Å². The lowest BCUT2D eigenvalue weighted by Crippen LogP contribution is -2.48. The average Bonchev–Trinajstić information content (AvgIpc) is 3.41. The van der Waals surface area contributed by atoms with Gasteiger partial charge in [-0.3, -0.25) is 14.5 Å². The second-order valence-electron chi connectivity index (χ2n) is 8.33. The lowest BCUT2D eigenvalue weighted by molar-refractivity contribution is 0.0629. The van der Waals surface area contributed by atoms with E-state index in [1.165, 1.54) is 27.7 Å². The fraction of sp³-hybridized carbons (Fsp3) is 0.185. The molecule has 7 heteroatoms.